The Hall–Kier alpha value is -1.00. The van der Waals surface area contributed by atoms with E-state index in [1.54, 1.807) is 12.2 Å². The van der Waals surface area contributed by atoms with Crippen LogP contribution in [0.1, 0.15) is 19.3 Å². The van der Waals surface area contributed by atoms with Crippen LogP contribution in [0.4, 0.5) is 0 Å². The molecule has 0 aromatic heterocycles. The number of unbranched alkanes of at least 4 members (excludes halogenated alkanes) is 1. The second-order valence-corrected chi connectivity index (χ2v) is 3.77. The van der Waals surface area contributed by atoms with Crippen LogP contribution in [0.2, 0.25) is 0 Å². The lowest BCUT2D eigenvalue weighted by Gasteiger charge is -2.16. The molecule has 4 heteroatoms. The molecule has 1 unspecified atom stereocenters. The highest BCUT2D eigenvalue weighted by Crippen LogP contribution is 2.18. The lowest BCUT2D eigenvalue weighted by Crippen LogP contribution is -2.24. The van der Waals surface area contributed by atoms with Crippen molar-refractivity contribution in [3.8, 4) is 0 Å². The van der Waals surface area contributed by atoms with E-state index in [9.17, 15) is 5.11 Å². The van der Waals surface area contributed by atoms with Gasteiger partial charge in [0.1, 0.15) is 0 Å². The average molecular weight is 213 g/mol. The molecule has 1 rings (SSSR count). The summed E-state index contributed by atoms with van der Waals surface area (Å²) in [6, 6.07) is 0. The third-order valence-corrected chi connectivity index (χ3v) is 2.44. The minimum absolute atomic E-state index is 0.0217. The fraction of sp³-hybridized carbons (Fsp3) is 0.636. The van der Waals surface area contributed by atoms with E-state index in [4.69, 9.17) is 10.2 Å². The van der Waals surface area contributed by atoms with E-state index in [1.165, 1.54) is 0 Å². The van der Waals surface area contributed by atoms with Crippen LogP contribution < -0.4 is 5.32 Å². The van der Waals surface area contributed by atoms with E-state index in [0.29, 0.717) is 0 Å². The number of aliphatic hydroxyl groups excluding tert-OH is 3. The van der Waals surface area contributed by atoms with Crippen LogP contribution in [0.25, 0.3) is 0 Å². The van der Waals surface area contributed by atoms with Gasteiger partial charge in [-0.2, -0.15) is 0 Å². The van der Waals surface area contributed by atoms with Gasteiger partial charge in [0, 0.05) is 13.2 Å². The average Bonchev–Trinajstić information content (AvgIpc) is 2.23. The van der Waals surface area contributed by atoms with Crippen molar-refractivity contribution in [2.45, 2.75) is 19.3 Å². The number of hydrogen-bond donors (Lipinski definition) is 4. The molecule has 0 amide bonds. The third kappa shape index (κ3) is 4.36. The van der Waals surface area contributed by atoms with E-state index in [1.807, 2.05) is 0 Å². The van der Waals surface area contributed by atoms with Crippen molar-refractivity contribution < 1.29 is 15.3 Å². The van der Waals surface area contributed by atoms with E-state index in [-0.39, 0.29) is 24.0 Å². The SMILES string of the molecule is OCCCCNCC1C=C(O)C(O)=CC1. The summed E-state index contributed by atoms with van der Waals surface area (Å²) in [6.07, 6.45) is 5.84. The van der Waals surface area contributed by atoms with Crippen LogP contribution in [-0.4, -0.2) is 35.0 Å². The van der Waals surface area contributed by atoms with Crippen molar-refractivity contribution in [3.63, 3.8) is 0 Å². The molecule has 1 aliphatic rings. The summed E-state index contributed by atoms with van der Waals surface area (Å²) in [5, 5.41) is 30.2. The van der Waals surface area contributed by atoms with Crippen LogP contribution in [-0.2, 0) is 0 Å². The molecular formula is C11H19NO3. The molecule has 86 valence electrons. The van der Waals surface area contributed by atoms with Crippen LogP contribution in [0.15, 0.2) is 23.7 Å². The highest BCUT2D eigenvalue weighted by atomic mass is 16.3. The third-order valence-electron chi connectivity index (χ3n) is 2.44. The summed E-state index contributed by atoms with van der Waals surface area (Å²) in [5.74, 6) is 0.199. The van der Waals surface area contributed by atoms with Gasteiger partial charge in [0.15, 0.2) is 11.5 Å². The van der Waals surface area contributed by atoms with Crippen molar-refractivity contribution in [2.75, 3.05) is 19.7 Å². The molecule has 0 aromatic rings. The van der Waals surface area contributed by atoms with Crippen molar-refractivity contribution >= 4 is 0 Å². The molecule has 0 aromatic carbocycles. The zero-order valence-corrected chi connectivity index (χ0v) is 8.82. The van der Waals surface area contributed by atoms with Crippen LogP contribution in [0.5, 0.6) is 0 Å². The first-order chi connectivity index (χ1) is 7.24. The largest absolute Gasteiger partial charge is 0.504 e. The molecule has 0 radical (unpaired) electrons. The molecule has 0 fully saturated rings. The number of hydrogen-bond acceptors (Lipinski definition) is 4. The van der Waals surface area contributed by atoms with Gasteiger partial charge in [-0.05, 0) is 43.9 Å². The van der Waals surface area contributed by atoms with E-state index in [0.717, 1.165) is 32.4 Å². The lowest BCUT2D eigenvalue weighted by atomic mass is 9.99. The molecule has 15 heavy (non-hydrogen) atoms. The van der Waals surface area contributed by atoms with E-state index in [2.05, 4.69) is 5.32 Å². The normalized spacial score (nSPS) is 21.0. The Bertz CT molecular complexity index is 248. The van der Waals surface area contributed by atoms with Gasteiger partial charge in [0.25, 0.3) is 0 Å². The lowest BCUT2D eigenvalue weighted by molar-refractivity contribution is 0.283. The quantitative estimate of drug-likeness (QED) is 0.501. The molecule has 1 aliphatic carbocycles. The monoisotopic (exact) mass is 213 g/mol. The maximum atomic E-state index is 9.27. The number of allylic oxidation sites excluding steroid dienone is 1. The summed E-state index contributed by atoms with van der Waals surface area (Å²) in [4.78, 5) is 0. The number of rotatable bonds is 6. The summed E-state index contributed by atoms with van der Waals surface area (Å²) in [5.41, 5.74) is 0. The predicted octanol–water partition coefficient (Wildman–Crippen LogP) is 1.25. The Morgan fingerprint density at radius 2 is 2.07 bits per heavy atom. The summed E-state index contributed by atoms with van der Waals surface area (Å²) in [6.45, 7) is 1.91. The molecule has 0 bridgehead atoms. The molecular weight excluding hydrogens is 194 g/mol. The highest BCUT2D eigenvalue weighted by molar-refractivity contribution is 5.23. The van der Waals surface area contributed by atoms with Crippen LogP contribution in [0.3, 0.4) is 0 Å². The minimum Gasteiger partial charge on any atom is -0.504 e. The standard InChI is InChI=1S/C11H19NO3/c13-6-2-1-5-12-8-9-3-4-10(14)11(15)7-9/h4,7,9,12-15H,1-3,5-6,8H2. The van der Waals surface area contributed by atoms with Gasteiger partial charge in [0.05, 0.1) is 0 Å². The molecule has 1 atom stereocenters. The first-order valence-corrected chi connectivity index (χ1v) is 5.36. The summed E-state index contributed by atoms with van der Waals surface area (Å²) in [7, 11) is 0. The Balaban J connectivity index is 2.13. The maximum absolute atomic E-state index is 9.27. The van der Waals surface area contributed by atoms with Crippen LogP contribution >= 0.6 is 0 Å². The predicted molar refractivity (Wildman–Crippen MR) is 58.7 cm³/mol. The fourth-order valence-electron chi connectivity index (χ4n) is 1.54. The summed E-state index contributed by atoms with van der Waals surface area (Å²) < 4.78 is 0. The van der Waals surface area contributed by atoms with Gasteiger partial charge >= 0.3 is 0 Å². The smallest absolute Gasteiger partial charge is 0.153 e. The van der Waals surface area contributed by atoms with Gasteiger partial charge in [-0.3, -0.25) is 0 Å². The first kappa shape index (κ1) is 12.1. The van der Waals surface area contributed by atoms with Gasteiger partial charge < -0.3 is 20.6 Å². The molecule has 0 saturated carbocycles. The molecule has 4 N–H and O–H groups in total. The van der Waals surface area contributed by atoms with Crippen molar-refractivity contribution in [1.82, 2.24) is 5.32 Å². The zero-order chi connectivity index (χ0) is 11.1. The first-order valence-electron chi connectivity index (χ1n) is 5.36. The van der Waals surface area contributed by atoms with Crippen LogP contribution in [0, 0.1) is 5.92 Å². The van der Waals surface area contributed by atoms with Gasteiger partial charge in [-0.1, -0.05) is 0 Å². The van der Waals surface area contributed by atoms with E-state index < -0.39 is 0 Å². The number of aliphatic hydroxyl groups is 3. The Morgan fingerprint density at radius 1 is 1.27 bits per heavy atom. The Labute approximate surface area is 89.9 Å². The van der Waals surface area contributed by atoms with Crippen molar-refractivity contribution in [1.29, 1.82) is 0 Å². The molecule has 0 saturated heterocycles. The minimum atomic E-state index is -0.0246. The molecule has 0 aliphatic heterocycles. The summed E-state index contributed by atoms with van der Waals surface area (Å²) >= 11 is 0. The highest BCUT2D eigenvalue weighted by Gasteiger charge is 2.13. The van der Waals surface area contributed by atoms with Crippen molar-refractivity contribution in [2.24, 2.45) is 5.92 Å². The number of nitrogens with one attached hydrogen (secondary N) is 1. The fourth-order valence-corrected chi connectivity index (χ4v) is 1.54. The zero-order valence-electron chi connectivity index (χ0n) is 8.82. The van der Waals surface area contributed by atoms with E-state index >= 15 is 0 Å². The molecule has 4 nitrogen and oxygen atoms in total. The second-order valence-electron chi connectivity index (χ2n) is 3.77. The second kappa shape index (κ2) is 6.48. The Kier molecular flexibility index (Phi) is 5.21. The molecule has 0 spiro atoms. The topological polar surface area (TPSA) is 72.7 Å². The van der Waals surface area contributed by atoms with Crippen molar-refractivity contribution in [3.05, 3.63) is 23.7 Å². The van der Waals surface area contributed by atoms with Gasteiger partial charge in [-0.15, -0.1) is 0 Å². The van der Waals surface area contributed by atoms with Gasteiger partial charge in [-0.25, -0.2) is 0 Å². The molecule has 0 heterocycles. The van der Waals surface area contributed by atoms with Gasteiger partial charge in [0.2, 0.25) is 0 Å². The Morgan fingerprint density at radius 3 is 2.73 bits per heavy atom. The maximum Gasteiger partial charge on any atom is 0.153 e.